The summed E-state index contributed by atoms with van der Waals surface area (Å²) >= 11 is 0. The monoisotopic (exact) mass is 304 g/mol. The minimum atomic E-state index is -0.991. The van der Waals surface area contributed by atoms with Gasteiger partial charge in [0.2, 0.25) is 0 Å². The Morgan fingerprint density at radius 2 is 2.05 bits per heavy atom. The summed E-state index contributed by atoms with van der Waals surface area (Å²) in [5.41, 5.74) is 1.62. The van der Waals surface area contributed by atoms with E-state index in [0.29, 0.717) is 24.3 Å². The maximum Gasteiger partial charge on any atom is 0.284 e. The van der Waals surface area contributed by atoms with Crippen LogP contribution in [0.4, 0.5) is 0 Å². The Labute approximate surface area is 131 Å². The van der Waals surface area contributed by atoms with E-state index in [0.717, 1.165) is 23.3 Å². The molecular weight excluding hydrogens is 280 g/mol. The first kappa shape index (κ1) is 15.3. The van der Waals surface area contributed by atoms with Crippen LogP contribution in [0.5, 0.6) is 5.75 Å². The van der Waals surface area contributed by atoms with Crippen molar-refractivity contribution in [2.45, 2.75) is 46.3 Å². The smallest absolute Gasteiger partial charge is 0.284 e. The number of amidine groups is 1. The number of ether oxygens (including phenoxy) is 3. The average molecular weight is 304 g/mol. The van der Waals surface area contributed by atoms with Gasteiger partial charge in [0.15, 0.2) is 6.29 Å². The summed E-state index contributed by atoms with van der Waals surface area (Å²) in [6, 6.07) is 5.70. The van der Waals surface area contributed by atoms with Gasteiger partial charge in [-0.15, -0.1) is 0 Å². The minimum absolute atomic E-state index is 0.262. The Morgan fingerprint density at radius 1 is 1.32 bits per heavy atom. The molecule has 1 atom stereocenters. The zero-order chi connectivity index (χ0) is 15.9. The number of hydrogen-bond acceptors (Lipinski definition) is 4. The molecule has 5 heteroatoms. The van der Waals surface area contributed by atoms with Gasteiger partial charge < -0.3 is 10.1 Å². The molecule has 0 aromatic heterocycles. The first-order valence-corrected chi connectivity index (χ1v) is 7.89. The number of hydrogen-bond donors (Lipinski definition) is 2. The zero-order valence-corrected chi connectivity index (χ0v) is 13.6. The molecule has 22 heavy (non-hydrogen) atoms. The van der Waals surface area contributed by atoms with Crippen LogP contribution in [0.2, 0.25) is 0 Å². The van der Waals surface area contributed by atoms with Crippen molar-refractivity contribution in [1.82, 2.24) is 5.32 Å². The first-order valence-electron chi connectivity index (χ1n) is 7.89. The molecule has 120 valence electrons. The van der Waals surface area contributed by atoms with E-state index < -0.39 is 5.91 Å². The van der Waals surface area contributed by atoms with Crippen LogP contribution >= 0.6 is 0 Å². The topological polar surface area (TPSA) is 63.6 Å². The van der Waals surface area contributed by atoms with Crippen LogP contribution in [-0.4, -0.2) is 18.7 Å². The molecule has 0 bridgehead atoms. The number of nitrogens with one attached hydrogen (secondary N) is 2. The first-order chi connectivity index (χ1) is 10.4. The molecule has 1 fully saturated rings. The molecule has 0 saturated carbocycles. The summed E-state index contributed by atoms with van der Waals surface area (Å²) < 4.78 is 17.3. The maximum absolute atomic E-state index is 7.99. The Morgan fingerprint density at radius 3 is 2.68 bits per heavy atom. The van der Waals surface area contributed by atoms with E-state index in [-0.39, 0.29) is 6.29 Å². The fourth-order valence-corrected chi connectivity index (χ4v) is 3.18. The van der Waals surface area contributed by atoms with Crippen LogP contribution in [0.1, 0.15) is 45.2 Å². The summed E-state index contributed by atoms with van der Waals surface area (Å²) in [5, 5.41) is 11.0. The summed E-state index contributed by atoms with van der Waals surface area (Å²) in [7, 11) is 0. The lowest BCUT2D eigenvalue weighted by Crippen LogP contribution is -2.57. The summed E-state index contributed by atoms with van der Waals surface area (Å²) in [6.45, 7) is 9.17. The van der Waals surface area contributed by atoms with Crippen LogP contribution in [0.3, 0.4) is 0 Å². The lowest BCUT2D eigenvalue weighted by atomic mass is 10.00. The van der Waals surface area contributed by atoms with Crippen molar-refractivity contribution < 1.29 is 14.2 Å². The molecule has 2 N–H and O–H groups in total. The lowest BCUT2D eigenvalue weighted by Gasteiger charge is -2.43. The SMILES string of the molecule is CC(C)CC(C)COc1ccc2c(c1)C1(NC2=N)OC(C)O1. The van der Waals surface area contributed by atoms with E-state index in [2.05, 4.69) is 26.1 Å². The summed E-state index contributed by atoms with van der Waals surface area (Å²) in [5.74, 6) is 1.30. The molecule has 0 aliphatic carbocycles. The largest absolute Gasteiger partial charge is 0.493 e. The standard InChI is InChI=1S/C17H24N2O3/c1-10(2)7-11(3)9-20-13-5-6-14-15(8-13)17(19-16(14)18)21-12(4)22-17/h5-6,8,10-12H,7,9H2,1-4H3,(H2,18,19). The quantitative estimate of drug-likeness (QED) is 0.877. The summed E-state index contributed by atoms with van der Waals surface area (Å²) in [6.07, 6.45) is 0.882. The molecule has 1 aromatic carbocycles. The molecule has 2 aliphatic rings. The molecule has 5 nitrogen and oxygen atoms in total. The maximum atomic E-state index is 7.99. The van der Waals surface area contributed by atoms with Crippen LogP contribution in [-0.2, 0) is 15.4 Å². The van der Waals surface area contributed by atoms with Gasteiger partial charge in [0.25, 0.3) is 5.91 Å². The second-order valence-electron chi connectivity index (χ2n) is 6.67. The fourth-order valence-electron chi connectivity index (χ4n) is 3.18. The second kappa shape index (κ2) is 5.56. The van der Waals surface area contributed by atoms with Crippen LogP contribution in [0.25, 0.3) is 0 Å². The Balaban J connectivity index is 1.72. The molecule has 1 saturated heterocycles. The van der Waals surface area contributed by atoms with E-state index in [1.165, 1.54) is 0 Å². The number of fused-ring (bicyclic) bond motifs is 2. The van der Waals surface area contributed by atoms with Crippen molar-refractivity contribution in [1.29, 1.82) is 5.41 Å². The van der Waals surface area contributed by atoms with E-state index in [9.17, 15) is 0 Å². The Hall–Kier alpha value is -1.59. The molecule has 0 amide bonds. The van der Waals surface area contributed by atoms with E-state index >= 15 is 0 Å². The molecule has 1 unspecified atom stereocenters. The lowest BCUT2D eigenvalue weighted by molar-refractivity contribution is -0.461. The highest BCUT2D eigenvalue weighted by molar-refractivity contribution is 6.01. The predicted octanol–water partition coefficient (Wildman–Crippen LogP) is 3.18. The Kier molecular flexibility index (Phi) is 3.87. The van der Waals surface area contributed by atoms with Gasteiger partial charge >= 0.3 is 0 Å². The van der Waals surface area contributed by atoms with Gasteiger partial charge in [-0.25, -0.2) is 0 Å². The van der Waals surface area contributed by atoms with Crippen molar-refractivity contribution in [2.24, 2.45) is 11.8 Å². The van der Waals surface area contributed by atoms with Crippen molar-refractivity contribution in [2.75, 3.05) is 6.61 Å². The number of rotatable bonds is 5. The Bertz CT molecular complexity index is 579. The molecule has 0 radical (unpaired) electrons. The van der Waals surface area contributed by atoms with Gasteiger partial charge in [-0.05, 0) is 43.4 Å². The minimum Gasteiger partial charge on any atom is -0.493 e. The van der Waals surface area contributed by atoms with Crippen molar-refractivity contribution in [3.05, 3.63) is 29.3 Å². The third kappa shape index (κ3) is 2.71. The third-order valence-electron chi connectivity index (χ3n) is 3.98. The third-order valence-corrected chi connectivity index (χ3v) is 3.98. The average Bonchev–Trinajstić information content (AvgIpc) is 2.69. The van der Waals surface area contributed by atoms with Crippen molar-refractivity contribution >= 4 is 5.84 Å². The summed E-state index contributed by atoms with van der Waals surface area (Å²) in [4.78, 5) is 0. The normalized spacial score (nSPS) is 27.5. The second-order valence-corrected chi connectivity index (χ2v) is 6.67. The molecular formula is C17H24N2O3. The predicted molar refractivity (Wildman–Crippen MR) is 83.8 cm³/mol. The number of benzene rings is 1. The highest BCUT2D eigenvalue weighted by atomic mass is 16.9. The highest BCUT2D eigenvalue weighted by Crippen LogP contribution is 2.43. The van der Waals surface area contributed by atoms with Crippen LogP contribution in [0, 0.1) is 17.2 Å². The van der Waals surface area contributed by atoms with E-state index in [1.807, 2.05) is 25.1 Å². The molecule has 1 aromatic rings. The van der Waals surface area contributed by atoms with Crippen LogP contribution < -0.4 is 10.1 Å². The highest BCUT2D eigenvalue weighted by Gasteiger charge is 2.53. The fraction of sp³-hybridized carbons (Fsp3) is 0.588. The van der Waals surface area contributed by atoms with E-state index in [4.69, 9.17) is 19.6 Å². The van der Waals surface area contributed by atoms with Crippen molar-refractivity contribution in [3.8, 4) is 5.75 Å². The van der Waals surface area contributed by atoms with Gasteiger partial charge in [-0.3, -0.25) is 14.9 Å². The molecule has 1 spiro atoms. The molecule has 2 aliphatic heterocycles. The van der Waals surface area contributed by atoms with Gasteiger partial charge in [-0.2, -0.15) is 0 Å². The van der Waals surface area contributed by atoms with Gasteiger partial charge in [0, 0.05) is 11.1 Å². The van der Waals surface area contributed by atoms with Crippen molar-refractivity contribution in [3.63, 3.8) is 0 Å². The van der Waals surface area contributed by atoms with Gasteiger partial charge in [0.05, 0.1) is 6.61 Å². The van der Waals surface area contributed by atoms with E-state index in [1.54, 1.807) is 0 Å². The zero-order valence-electron chi connectivity index (χ0n) is 13.6. The van der Waals surface area contributed by atoms with Crippen LogP contribution in [0.15, 0.2) is 18.2 Å². The molecule has 3 rings (SSSR count). The molecule has 2 heterocycles. The van der Waals surface area contributed by atoms with Gasteiger partial charge in [-0.1, -0.05) is 20.8 Å². The van der Waals surface area contributed by atoms with Gasteiger partial charge in [0.1, 0.15) is 11.6 Å².